The van der Waals surface area contributed by atoms with Crippen LogP contribution in [-0.2, 0) is 20.7 Å². The number of amides is 2. The molecule has 7 heteroatoms. The molecule has 4 rings (SSSR count). The van der Waals surface area contributed by atoms with E-state index in [0.717, 1.165) is 35.1 Å². The lowest BCUT2D eigenvalue weighted by Crippen LogP contribution is -2.46. The summed E-state index contributed by atoms with van der Waals surface area (Å²) in [6.45, 7) is 2.59. The Labute approximate surface area is 187 Å². The van der Waals surface area contributed by atoms with Crippen LogP contribution in [0, 0.1) is 0 Å². The summed E-state index contributed by atoms with van der Waals surface area (Å²) in [6, 6.07) is 20.1. The maximum atomic E-state index is 12.6. The summed E-state index contributed by atoms with van der Waals surface area (Å²) >= 11 is 0. The molecule has 2 amide bonds. The van der Waals surface area contributed by atoms with Crippen LogP contribution in [-0.4, -0.2) is 55.9 Å². The van der Waals surface area contributed by atoms with Gasteiger partial charge < -0.3 is 25.4 Å². The predicted octanol–water partition coefficient (Wildman–Crippen LogP) is 2.33. The molecule has 0 bridgehead atoms. The van der Waals surface area contributed by atoms with E-state index in [1.165, 1.54) is 0 Å². The molecule has 1 fully saturated rings. The van der Waals surface area contributed by atoms with Gasteiger partial charge in [-0.05, 0) is 40.6 Å². The average Bonchev–Trinajstić information content (AvgIpc) is 2.84. The molecule has 1 atom stereocenters. The van der Waals surface area contributed by atoms with Crippen LogP contribution < -0.4 is 15.5 Å². The molecule has 0 radical (unpaired) electrons. The molecule has 3 aromatic rings. The van der Waals surface area contributed by atoms with E-state index in [1.54, 1.807) is 0 Å². The topological polar surface area (TPSA) is 90.9 Å². The number of carbonyl (C=O) groups is 2. The molecule has 32 heavy (non-hydrogen) atoms. The van der Waals surface area contributed by atoms with Crippen molar-refractivity contribution >= 4 is 34.0 Å². The second kappa shape index (κ2) is 10.3. The van der Waals surface area contributed by atoms with Gasteiger partial charge >= 0.3 is 0 Å². The number of carbonyl (C=O) groups excluding carboxylic acids is 2. The summed E-state index contributed by atoms with van der Waals surface area (Å²) in [7, 11) is 0. The number of hydrogen-bond acceptors (Lipinski definition) is 5. The molecule has 1 heterocycles. The Morgan fingerprint density at radius 3 is 2.44 bits per heavy atom. The van der Waals surface area contributed by atoms with E-state index in [0.29, 0.717) is 18.9 Å². The quantitative estimate of drug-likeness (QED) is 0.532. The Morgan fingerprint density at radius 2 is 1.69 bits per heavy atom. The second-order valence-electron chi connectivity index (χ2n) is 7.75. The summed E-state index contributed by atoms with van der Waals surface area (Å²) in [5, 5.41) is 17.1. The largest absolute Gasteiger partial charge is 0.394 e. The Kier molecular flexibility index (Phi) is 6.99. The van der Waals surface area contributed by atoms with E-state index < -0.39 is 18.6 Å². The number of morpholine rings is 1. The molecular weight excluding hydrogens is 406 g/mol. The minimum atomic E-state index is -1.03. The second-order valence-corrected chi connectivity index (χ2v) is 7.75. The third-order valence-electron chi connectivity index (χ3n) is 5.58. The third kappa shape index (κ3) is 5.25. The van der Waals surface area contributed by atoms with Crippen LogP contribution in [0.4, 0.5) is 11.4 Å². The molecule has 1 saturated heterocycles. The summed E-state index contributed by atoms with van der Waals surface area (Å²) in [4.78, 5) is 27.4. The fourth-order valence-electron chi connectivity index (χ4n) is 3.87. The number of benzene rings is 3. The molecule has 0 saturated carbocycles. The van der Waals surface area contributed by atoms with Crippen molar-refractivity contribution < 1.29 is 19.4 Å². The molecule has 166 valence electrons. The number of nitrogens with zero attached hydrogens (tertiary/aromatic N) is 1. The average molecular weight is 434 g/mol. The van der Waals surface area contributed by atoms with Crippen molar-refractivity contribution in [1.29, 1.82) is 0 Å². The van der Waals surface area contributed by atoms with Crippen molar-refractivity contribution in [3.8, 4) is 0 Å². The van der Waals surface area contributed by atoms with Crippen molar-refractivity contribution in [1.82, 2.24) is 5.32 Å². The van der Waals surface area contributed by atoms with Gasteiger partial charge in [0, 0.05) is 24.5 Å². The number of aliphatic hydroxyl groups excluding tert-OH is 1. The van der Waals surface area contributed by atoms with Gasteiger partial charge in [0.25, 0.3) is 0 Å². The Hall–Kier alpha value is -3.42. The number of fused-ring (bicyclic) bond motifs is 1. The molecule has 3 N–H and O–H groups in total. The normalized spacial score (nSPS) is 14.7. The zero-order chi connectivity index (χ0) is 22.3. The lowest BCUT2D eigenvalue weighted by atomic mass is 10.0. The van der Waals surface area contributed by atoms with Crippen LogP contribution in [0.5, 0.6) is 0 Å². The highest BCUT2D eigenvalue weighted by Gasteiger charge is 2.21. The third-order valence-corrected chi connectivity index (χ3v) is 5.58. The minimum absolute atomic E-state index is 0.124. The van der Waals surface area contributed by atoms with Gasteiger partial charge in [0.1, 0.15) is 6.04 Å². The Balaban J connectivity index is 1.35. The van der Waals surface area contributed by atoms with Gasteiger partial charge in [0.05, 0.1) is 26.2 Å². The smallest absolute Gasteiger partial charge is 0.249 e. The van der Waals surface area contributed by atoms with Crippen LogP contribution in [0.2, 0.25) is 0 Å². The number of ether oxygens (including phenoxy) is 1. The monoisotopic (exact) mass is 433 g/mol. The number of rotatable bonds is 7. The lowest BCUT2D eigenvalue weighted by Gasteiger charge is -2.29. The number of hydrogen-bond donors (Lipinski definition) is 3. The standard InChI is InChI=1S/C25H27N3O4/c29-17-23(27-24(30)16-19-6-3-5-18-4-1-2-7-22(18)19)25(31)26-20-8-10-21(11-9-20)28-12-14-32-15-13-28/h1-11,23,29H,12-17H2,(H,26,31)(H,27,30). The van der Waals surface area contributed by atoms with Crippen LogP contribution in [0.1, 0.15) is 5.56 Å². The summed E-state index contributed by atoms with van der Waals surface area (Å²) < 4.78 is 5.37. The zero-order valence-corrected chi connectivity index (χ0v) is 17.8. The molecule has 3 aromatic carbocycles. The Bertz CT molecular complexity index is 1070. The first-order valence-electron chi connectivity index (χ1n) is 10.7. The van der Waals surface area contributed by atoms with Crippen LogP contribution in [0.25, 0.3) is 10.8 Å². The van der Waals surface area contributed by atoms with E-state index >= 15 is 0 Å². The van der Waals surface area contributed by atoms with E-state index in [4.69, 9.17) is 4.74 Å². The molecule has 1 aliphatic rings. The zero-order valence-electron chi connectivity index (χ0n) is 17.8. The van der Waals surface area contributed by atoms with Crippen molar-refractivity contribution in [2.24, 2.45) is 0 Å². The summed E-state index contributed by atoms with van der Waals surface area (Å²) in [6.07, 6.45) is 0.124. The van der Waals surface area contributed by atoms with Gasteiger partial charge in [-0.25, -0.2) is 0 Å². The van der Waals surface area contributed by atoms with Crippen LogP contribution in [0.15, 0.2) is 66.7 Å². The SMILES string of the molecule is O=C(Cc1cccc2ccccc12)NC(CO)C(=O)Nc1ccc(N2CCOCC2)cc1. The highest BCUT2D eigenvalue weighted by Crippen LogP contribution is 2.20. The van der Waals surface area contributed by atoms with Crippen molar-refractivity contribution in [3.63, 3.8) is 0 Å². The molecular formula is C25H27N3O4. The first-order valence-corrected chi connectivity index (χ1v) is 10.7. The van der Waals surface area contributed by atoms with E-state index in [9.17, 15) is 14.7 Å². The van der Waals surface area contributed by atoms with E-state index in [2.05, 4.69) is 15.5 Å². The molecule has 1 unspecified atom stereocenters. The molecule has 7 nitrogen and oxygen atoms in total. The molecule has 1 aliphatic heterocycles. The van der Waals surface area contributed by atoms with E-state index in [-0.39, 0.29) is 12.3 Å². The predicted molar refractivity (Wildman–Crippen MR) is 125 cm³/mol. The summed E-state index contributed by atoms with van der Waals surface area (Å²) in [5.74, 6) is -0.781. The van der Waals surface area contributed by atoms with Crippen molar-refractivity contribution in [2.45, 2.75) is 12.5 Å². The molecule has 0 aromatic heterocycles. The summed E-state index contributed by atoms with van der Waals surface area (Å²) in [5.41, 5.74) is 2.54. The van der Waals surface area contributed by atoms with Gasteiger partial charge in [0.2, 0.25) is 11.8 Å². The first kappa shape index (κ1) is 21.8. The van der Waals surface area contributed by atoms with Crippen LogP contribution >= 0.6 is 0 Å². The van der Waals surface area contributed by atoms with Gasteiger partial charge in [-0.15, -0.1) is 0 Å². The molecule has 0 aliphatic carbocycles. The van der Waals surface area contributed by atoms with Gasteiger partial charge in [-0.3, -0.25) is 9.59 Å². The maximum Gasteiger partial charge on any atom is 0.249 e. The van der Waals surface area contributed by atoms with Gasteiger partial charge in [-0.2, -0.15) is 0 Å². The van der Waals surface area contributed by atoms with Gasteiger partial charge in [0.15, 0.2) is 0 Å². The number of nitrogens with one attached hydrogen (secondary N) is 2. The highest BCUT2D eigenvalue weighted by molar-refractivity contribution is 5.98. The number of aliphatic hydroxyl groups is 1. The minimum Gasteiger partial charge on any atom is -0.394 e. The van der Waals surface area contributed by atoms with E-state index in [1.807, 2.05) is 66.7 Å². The fraction of sp³-hybridized carbons (Fsp3) is 0.280. The van der Waals surface area contributed by atoms with Crippen LogP contribution in [0.3, 0.4) is 0 Å². The molecule has 0 spiro atoms. The fourth-order valence-corrected chi connectivity index (χ4v) is 3.87. The lowest BCUT2D eigenvalue weighted by molar-refractivity contribution is -0.126. The Morgan fingerprint density at radius 1 is 0.969 bits per heavy atom. The highest BCUT2D eigenvalue weighted by atomic mass is 16.5. The first-order chi connectivity index (χ1) is 15.6. The van der Waals surface area contributed by atoms with Crippen molar-refractivity contribution in [3.05, 3.63) is 72.3 Å². The van der Waals surface area contributed by atoms with Gasteiger partial charge in [-0.1, -0.05) is 42.5 Å². The van der Waals surface area contributed by atoms with Crippen molar-refractivity contribution in [2.75, 3.05) is 43.1 Å². The number of anilines is 2. The maximum absolute atomic E-state index is 12.6.